The van der Waals surface area contributed by atoms with Gasteiger partial charge in [0.05, 0.1) is 0 Å². The number of nitrogens with one attached hydrogen (secondary N) is 1. The van der Waals surface area contributed by atoms with Crippen LogP contribution in [-0.4, -0.2) is 43.4 Å². The zero-order chi connectivity index (χ0) is 14.6. The summed E-state index contributed by atoms with van der Waals surface area (Å²) < 4.78 is 40.1. The van der Waals surface area contributed by atoms with Gasteiger partial charge in [-0.25, -0.2) is 17.8 Å². The summed E-state index contributed by atoms with van der Waals surface area (Å²) in [5, 5.41) is 2.78. The van der Waals surface area contributed by atoms with E-state index in [1.807, 2.05) is 6.92 Å². The first-order chi connectivity index (χ1) is 9.55. The second-order valence-electron chi connectivity index (χ2n) is 4.95. The summed E-state index contributed by atoms with van der Waals surface area (Å²) in [6.45, 7) is 3.55. The van der Waals surface area contributed by atoms with Crippen molar-refractivity contribution in [3.05, 3.63) is 24.1 Å². The van der Waals surface area contributed by atoms with Crippen molar-refractivity contribution in [2.24, 2.45) is 0 Å². The minimum atomic E-state index is -3.87. The molecule has 2 rings (SSSR count). The average molecular weight is 301 g/mol. The predicted octanol–water partition coefficient (Wildman–Crippen LogP) is 1.37. The van der Waals surface area contributed by atoms with E-state index in [9.17, 15) is 12.8 Å². The fraction of sp³-hybridized carbons (Fsp3) is 0.615. The smallest absolute Gasteiger partial charge is 0.263 e. The molecule has 1 atom stereocenters. The monoisotopic (exact) mass is 301 g/mol. The molecule has 0 aromatic carbocycles. The van der Waals surface area contributed by atoms with Crippen molar-refractivity contribution in [3.63, 3.8) is 0 Å². The fourth-order valence-electron chi connectivity index (χ4n) is 2.40. The predicted molar refractivity (Wildman–Crippen MR) is 74.3 cm³/mol. The molecule has 2 heterocycles. The highest BCUT2D eigenvalue weighted by Crippen LogP contribution is 2.18. The van der Waals surface area contributed by atoms with Crippen LogP contribution in [-0.2, 0) is 10.0 Å². The molecule has 0 saturated carbocycles. The van der Waals surface area contributed by atoms with Gasteiger partial charge in [-0.2, -0.15) is 4.31 Å². The second kappa shape index (κ2) is 6.60. The number of aromatic nitrogens is 1. The first-order valence-corrected chi connectivity index (χ1v) is 8.33. The van der Waals surface area contributed by atoms with Gasteiger partial charge in [0.2, 0.25) is 5.03 Å². The molecule has 1 N–H and O–H groups in total. The van der Waals surface area contributed by atoms with Gasteiger partial charge in [0.15, 0.2) is 5.82 Å². The summed E-state index contributed by atoms with van der Waals surface area (Å²) in [5.41, 5.74) is 0. The molecule has 0 bridgehead atoms. The molecule has 1 aliphatic heterocycles. The summed E-state index contributed by atoms with van der Waals surface area (Å²) >= 11 is 0. The van der Waals surface area contributed by atoms with Gasteiger partial charge in [0.25, 0.3) is 10.0 Å². The number of pyridine rings is 1. The minimum Gasteiger partial charge on any atom is -0.313 e. The van der Waals surface area contributed by atoms with Crippen LogP contribution >= 0.6 is 0 Å². The summed E-state index contributed by atoms with van der Waals surface area (Å²) in [6.07, 6.45) is 3.97. The molecule has 112 valence electrons. The average Bonchev–Trinajstić information content (AvgIpc) is 2.91. The number of hydrogen-bond acceptors (Lipinski definition) is 4. The van der Waals surface area contributed by atoms with E-state index < -0.39 is 20.9 Å². The minimum absolute atomic E-state index is 0.142. The third-order valence-corrected chi connectivity index (χ3v) is 5.17. The Hall–Kier alpha value is -1.05. The van der Waals surface area contributed by atoms with Gasteiger partial charge in [-0.1, -0.05) is 6.92 Å². The molecule has 1 aliphatic rings. The number of halogens is 1. The lowest BCUT2D eigenvalue weighted by molar-refractivity contribution is 0.365. The van der Waals surface area contributed by atoms with Gasteiger partial charge < -0.3 is 5.32 Å². The Morgan fingerprint density at radius 3 is 2.95 bits per heavy atom. The van der Waals surface area contributed by atoms with Crippen LogP contribution in [0.3, 0.4) is 0 Å². The third-order valence-electron chi connectivity index (χ3n) is 3.37. The zero-order valence-electron chi connectivity index (χ0n) is 11.5. The fourth-order valence-corrected chi connectivity index (χ4v) is 3.95. The van der Waals surface area contributed by atoms with E-state index in [0.717, 1.165) is 25.5 Å². The maximum absolute atomic E-state index is 13.7. The molecule has 1 unspecified atom stereocenters. The van der Waals surface area contributed by atoms with Crippen molar-refractivity contribution in [2.75, 3.05) is 19.6 Å². The topological polar surface area (TPSA) is 62.3 Å². The Bertz CT molecular complexity index is 544. The molecule has 7 heteroatoms. The molecule has 1 saturated heterocycles. The van der Waals surface area contributed by atoms with Crippen molar-refractivity contribution in [1.29, 1.82) is 0 Å². The summed E-state index contributed by atoms with van der Waals surface area (Å²) in [7, 11) is -3.87. The highest BCUT2D eigenvalue weighted by Gasteiger charge is 2.30. The van der Waals surface area contributed by atoms with Crippen LogP contribution in [0.15, 0.2) is 23.4 Å². The highest BCUT2D eigenvalue weighted by molar-refractivity contribution is 7.89. The molecular weight excluding hydrogens is 281 g/mol. The molecular formula is C13H20FN3O2S. The van der Waals surface area contributed by atoms with Crippen molar-refractivity contribution in [2.45, 2.75) is 37.3 Å². The largest absolute Gasteiger partial charge is 0.313 e. The second-order valence-corrected chi connectivity index (χ2v) is 6.80. The lowest BCUT2D eigenvalue weighted by Crippen LogP contribution is -2.42. The van der Waals surface area contributed by atoms with E-state index >= 15 is 0 Å². The Morgan fingerprint density at radius 2 is 2.35 bits per heavy atom. The van der Waals surface area contributed by atoms with Crippen LogP contribution in [0.1, 0.15) is 26.2 Å². The Labute approximate surface area is 119 Å². The number of sulfonamides is 1. The molecule has 1 aromatic rings. The van der Waals surface area contributed by atoms with Gasteiger partial charge >= 0.3 is 0 Å². The van der Waals surface area contributed by atoms with Crippen molar-refractivity contribution in [3.8, 4) is 0 Å². The van der Waals surface area contributed by atoms with Gasteiger partial charge in [0, 0.05) is 25.3 Å². The van der Waals surface area contributed by atoms with Gasteiger partial charge in [-0.05, 0) is 37.9 Å². The highest BCUT2D eigenvalue weighted by atomic mass is 32.2. The summed E-state index contributed by atoms with van der Waals surface area (Å²) in [5.74, 6) is -0.798. The SMILES string of the molecule is CCCN(CC1CCCN1)S(=O)(=O)c1ncccc1F. The van der Waals surface area contributed by atoms with Crippen LogP contribution in [0.5, 0.6) is 0 Å². The standard InChI is InChI=1S/C13H20FN3O2S/c1-2-9-17(10-11-5-3-7-15-11)20(18,19)13-12(14)6-4-8-16-13/h4,6,8,11,15H,2-3,5,7,9-10H2,1H3. The lowest BCUT2D eigenvalue weighted by atomic mass is 10.2. The lowest BCUT2D eigenvalue weighted by Gasteiger charge is -2.24. The number of nitrogens with zero attached hydrogens (tertiary/aromatic N) is 2. The summed E-state index contributed by atoms with van der Waals surface area (Å²) in [4.78, 5) is 3.70. The van der Waals surface area contributed by atoms with Crippen molar-refractivity contribution in [1.82, 2.24) is 14.6 Å². The van der Waals surface area contributed by atoms with Gasteiger partial charge in [-0.15, -0.1) is 0 Å². The molecule has 0 aliphatic carbocycles. The third kappa shape index (κ3) is 3.34. The van der Waals surface area contributed by atoms with Crippen LogP contribution < -0.4 is 5.32 Å². The first kappa shape index (κ1) is 15.3. The van der Waals surface area contributed by atoms with Crippen LogP contribution in [0, 0.1) is 5.82 Å². The zero-order valence-corrected chi connectivity index (χ0v) is 12.4. The van der Waals surface area contributed by atoms with E-state index in [-0.39, 0.29) is 6.04 Å². The van der Waals surface area contributed by atoms with Crippen molar-refractivity contribution >= 4 is 10.0 Å². The van der Waals surface area contributed by atoms with E-state index in [4.69, 9.17) is 0 Å². The Kier molecular flexibility index (Phi) is 5.06. The molecule has 0 spiro atoms. The number of hydrogen-bond donors (Lipinski definition) is 1. The van der Waals surface area contributed by atoms with E-state index in [1.165, 1.54) is 16.6 Å². The first-order valence-electron chi connectivity index (χ1n) is 6.89. The molecule has 1 fully saturated rings. The molecule has 0 amide bonds. The van der Waals surface area contributed by atoms with Crippen molar-refractivity contribution < 1.29 is 12.8 Å². The number of rotatable bonds is 6. The quantitative estimate of drug-likeness (QED) is 0.862. The van der Waals surface area contributed by atoms with Gasteiger partial charge in [0.1, 0.15) is 0 Å². The molecule has 0 radical (unpaired) electrons. The Balaban J connectivity index is 2.24. The van der Waals surface area contributed by atoms with E-state index in [2.05, 4.69) is 10.3 Å². The van der Waals surface area contributed by atoms with Crippen LogP contribution in [0.25, 0.3) is 0 Å². The molecule has 20 heavy (non-hydrogen) atoms. The van der Waals surface area contributed by atoms with Gasteiger partial charge in [-0.3, -0.25) is 0 Å². The van der Waals surface area contributed by atoms with E-state index in [0.29, 0.717) is 19.5 Å². The van der Waals surface area contributed by atoms with E-state index in [1.54, 1.807) is 0 Å². The Morgan fingerprint density at radius 1 is 1.55 bits per heavy atom. The maximum Gasteiger partial charge on any atom is 0.263 e. The summed E-state index contributed by atoms with van der Waals surface area (Å²) in [6, 6.07) is 2.65. The normalized spacial score (nSPS) is 19.6. The molecule has 1 aromatic heterocycles. The molecule has 5 nitrogen and oxygen atoms in total. The maximum atomic E-state index is 13.7. The van der Waals surface area contributed by atoms with Crippen LogP contribution in [0.4, 0.5) is 4.39 Å². The van der Waals surface area contributed by atoms with Crippen LogP contribution in [0.2, 0.25) is 0 Å².